The van der Waals surface area contributed by atoms with E-state index in [4.69, 9.17) is 5.73 Å². The Balaban J connectivity index is 1.84. The number of nitrogens with zero attached hydrogens (tertiary/aromatic N) is 2. The zero-order valence-electron chi connectivity index (χ0n) is 14.8. The van der Waals surface area contributed by atoms with Gasteiger partial charge >= 0.3 is 0 Å². The number of primary amides is 1. The van der Waals surface area contributed by atoms with E-state index in [-0.39, 0.29) is 17.2 Å². The highest BCUT2D eigenvalue weighted by molar-refractivity contribution is 5.77. The van der Waals surface area contributed by atoms with Crippen LogP contribution in [0.25, 0.3) is 5.69 Å². The molecule has 0 radical (unpaired) electrons. The lowest BCUT2D eigenvalue weighted by Crippen LogP contribution is -2.43. The summed E-state index contributed by atoms with van der Waals surface area (Å²) in [5.41, 5.74) is 8.07. The van der Waals surface area contributed by atoms with Gasteiger partial charge in [0.1, 0.15) is 0 Å². The summed E-state index contributed by atoms with van der Waals surface area (Å²) in [4.78, 5) is 12.0. The molecule has 0 saturated heterocycles. The Morgan fingerprint density at radius 1 is 1.33 bits per heavy atom. The first kappa shape index (κ1) is 16.7. The van der Waals surface area contributed by atoms with Crippen molar-refractivity contribution >= 4 is 5.91 Å². The van der Waals surface area contributed by atoms with E-state index in [9.17, 15) is 4.79 Å². The fraction of sp³-hybridized carbons (Fsp3) is 0.500. The molecule has 1 saturated carbocycles. The topological polar surface area (TPSA) is 60.9 Å². The summed E-state index contributed by atoms with van der Waals surface area (Å²) < 4.78 is 1.86. The summed E-state index contributed by atoms with van der Waals surface area (Å²) in [6.07, 6.45) is 6.71. The zero-order valence-corrected chi connectivity index (χ0v) is 14.8. The van der Waals surface area contributed by atoms with Crippen molar-refractivity contribution in [1.29, 1.82) is 0 Å². The van der Waals surface area contributed by atoms with Crippen LogP contribution in [-0.4, -0.2) is 15.7 Å². The molecule has 1 aromatic carbocycles. The van der Waals surface area contributed by atoms with Crippen molar-refractivity contribution in [1.82, 2.24) is 9.78 Å². The highest BCUT2D eigenvalue weighted by Gasteiger charge is 2.42. The number of hydrogen-bond donors (Lipinski definition) is 1. The van der Waals surface area contributed by atoms with E-state index < -0.39 is 0 Å². The molecule has 1 amide bonds. The Morgan fingerprint density at radius 3 is 2.58 bits per heavy atom. The van der Waals surface area contributed by atoms with Crippen LogP contribution in [0.5, 0.6) is 0 Å². The normalized spacial score (nSPS) is 27.3. The SMILES string of the molecule is CC(C)C1CCC(C)(c2ccc(-n3cccn3)cc2)CC1C(N)=O. The maximum Gasteiger partial charge on any atom is 0.220 e. The maximum atomic E-state index is 12.0. The van der Waals surface area contributed by atoms with Gasteiger partial charge in [0.05, 0.1) is 5.69 Å². The Kier molecular flexibility index (Phi) is 4.48. The van der Waals surface area contributed by atoms with Crippen LogP contribution in [0.3, 0.4) is 0 Å². The van der Waals surface area contributed by atoms with Gasteiger partial charge in [-0.15, -0.1) is 0 Å². The standard InChI is InChI=1S/C20H27N3O/c1-14(2)17-9-10-20(3,13-18(17)19(21)24)15-5-7-16(8-6-15)23-12-4-11-22-23/h4-8,11-12,14,17-18H,9-10,13H2,1-3H3,(H2,21,24). The van der Waals surface area contributed by atoms with E-state index >= 15 is 0 Å². The molecule has 0 bridgehead atoms. The Morgan fingerprint density at radius 2 is 2.04 bits per heavy atom. The molecule has 2 aromatic rings. The number of benzene rings is 1. The van der Waals surface area contributed by atoms with Crippen LogP contribution in [0.15, 0.2) is 42.7 Å². The number of nitrogens with two attached hydrogens (primary N) is 1. The quantitative estimate of drug-likeness (QED) is 0.932. The van der Waals surface area contributed by atoms with Gasteiger partial charge in [0.25, 0.3) is 0 Å². The molecule has 3 unspecified atom stereocenters. The summed E-state index contributed by atoms with van der Waals surface area (Å²) in [5.74, 6) is 0.718. The highest BCUT2D eigenvalue weighted by atomic mass is 16.1. The van der Waals surface area contributed by atoms with Gasteiger partial charge in [-0.25, -0.2) is 4.68 Å². The smallest absolute Gasteiger partial charge is 0.220 e. The van der Waals surface area contributed by atoms with E-state index in [2.05, 4.69) is 50.1 Å². The predicted octanol–water partition coefficient (Wildman–Crippen LogP) is 3.69. The van der Waals surface area contributed by atoms with Gasteiger partial charge in [-0.1, -0.05) is 32.9 Å². The van der Waals surface area contributed by atoms with E-state index in [1.807, 2.05) is 16.9 Å². The third kappa shape index (κ3) is 3.10. The van der Waals surface area contributed by atoms with Gasteiger partial charge in [-0.2, -0.15) is 5.10 Å². The Hall–Kier alpha value is -2.10. The van der Waals surface area contributed by atoms with Gasteiger partial charge in [0, 0.05) is 18.3 Å². The maximum absolute atomic E-state index is 12.0. The number of carbonyl (C=O) groups excluding carboxylic acids is 1. The summed E-state index contributed by atoms with van der Waals surface area (Å²) in [6, 6.07) is 10.5. The fourth-order valence-electron chi connectivity index (χ4n) is 4.24. The molecule has 2 N–H and O–H groups in total. The molecule has 3 rings (SSSR count). The predicted molar refractivity (Wildman–Crippen MR) is 95.8 cm³/mol. The van der Waals surface area contributed by atoms with Gasteiger partial charge in [-0.05, 0) is 60.3 Å². The zero-order chi connectivity index (χ0) is 17.3. The van der Waals surface area contributed by atoms with Gasteiger partial charge in [0.15, 0.2) is 0 Å². The van der Waals surface area contributed by atoms with E-state index in [1.165, 1.54) is 5.56 Å². The summed E-state index contributed by atoms with van der Waals surface area (Å²) in [7, 11) is 0. The molecule has 0 spiro atoms. The average molecular weight is 325 g/mol. The number of amides is 1. The van der Waals surface area contributed by atoms with Crippen LogP contribution in [0.2, 0.25) is 0 Å². The lowest BCUT2D eigenvalue weighted by atomic mass is 9.61. The number of rotatable bonds is 4. The van der Waals surface area contributed by atoms with Gasteiger partial charge < -0.3 is 5.73 Å². The molecular formula is C20H27N3O. The van der Waals surface area contributed by atoms with E-state index in [0.29, 0.717) is 11.8 Å². The lowest BCUT2D eigenvalue weighted by Gasteiger charge is -2.43. The second kappa shape index (κ2) is 6.42. The van der Waals surface area contributed by atoms with Crippen LogP contribution in [0.4, 0.5) is 0 Å². The number of hydrogen-bond acceptors (Lipinski definition) is 2. The largest absolute Gasteiger partial charge is 0.369 e. The third-order valence-electron chi connectivity index (χ3n) is 5.77. The molecule has 24 heavy (non-hydrogen) atoms. The van der Waals surface area contributed by atoms with Crippen LogP contribution in [0, 0.1) is 17.8 Å². The molecule has 1 heterocycles. The number of aromatic nitrogens is 2. The van der Waals surface area contributed by atoms with Crippen molar-refractivity contribution in [2.45, 2.75) is 45.4 Å². The van der Waals surface area contributed by atoms with E-state index in [0.717, 1.165) is 24.9 Å². The van der Waals surface area contributed by atoms with Crippen molar-refractivity contribution in [3.8, 4) is 5.69 Å². The first-order valence-corrected chi connectivity index (χ1v) is 8.80. The molecule has 4 heteroatoms. The molecule has 1 aliphatic rings. The first-order valence-electron chi connectivity index (χ1n) is 8.80. The van der Waals surface area contributed by atoms with Crippen LogP contribution in [0.1, 0.15) is 45.6 Å². The second-order valence-electron chi connectivity index (χ2n) is 7.72. The van der Waals surface area contributed by atoms with Crippen molar-refractivity contribution in [3.63, 3.8) is 0 Å². The Labute approximate surface area is 144 Å². The summed E-state index contributed by atoms with van der Waals surface area (Å²) in [6.45, 7) is 6.66. The minimum absolute atomic E-state index is 0.00767. The van der Waals surface area contributed by atoms with Crippen molar-refractivity contribution in [2.75, 3.05) is 0 Å². The molecule has 3 atom stereocenters. The molecule has 1 aromatic heterocycles. The van der Waals surface area contributed by atoms with Crippen LogP contribution >= 0.6 is 0 Å². The van der Waals surface area contributed by atoms with Gasteiger partial charge in [-0.3, -0.25) is 4.79 Å². The lowest BCUT2D eigenvalue weighted by molar-refractivity contribution is -0.126. The Bertz CT molecular complexity index is 690. The molecular weight excluding hydrogens is 298 g/mol. The first-order chi connectivity index (χ1) is 11.4. The van der Waals surface area contributed by atoms with E-state index in [1.54, 1.807) is 6.20 Å². The summed E-state index contributed by atoms with van der Waals surface area (Å²) in [5, 5.41) is 4.27. The van der Waals surface area contributed by atoms with Crippen molar-refractivity contribution < 1.29 is 4.79 Å². The molecule has 1 fully saturated rings. The molecule has 4 nitrogen and oxygen atoms in total. The monoisotopic (exact) mass is 325 g/mol. The highest BCUT2D eigenvalue weighted by Crippen LogP contribution is 2.46. The summed E-state index contributed by atoms with van der Waals surface area (Å²) >= 11 is 0. The molecule has 128 valence electrons. The fourth-order valence-corrected chi connectivity index (χ4v) is 4.24. The van der Waals surface area contributed by atoms with Gasteiger partial charge in [0.2, 0.25) is 5.91 Å². The molecule has 0 aliphatic heterocycles. The minimum Gasteiger partial charge on any atom is -0.369 e. The second-order valence-corrected chi connectivity index (χ2v) is 7.72. The third-order valence-corrected chi connectivity index (χ3v) is 5.77. The number of carbonyl (C=O) groups is 1. The van der Waals surface area contributed by atoms with Crippen molar-refractivity contribution in [2.24, 2.45) is 23.5 Å². The average Bonchev–Trinajstić information content (AvgIpc) is 3.09. The van der Waals surface area contributed by atoms with Crippen molar-refractivity contribution in [3.05, 3.63) is 48.3 Å². The minimum atomic E-state index is -0.146. The molecule has 1 aliphatic carbocycles. The van der Waals surface area contributed by atoms with Crippen LogP contribution < -0.4 is 5.73 Å². The van der Waals surface area contributed by atoms with Crippen LogP contribution in [-0.2, 0) is 10.2 Å².